The molecule has 1 aromatic rings. The Morgan fingerprint density at radius 1 is 1.17 bits per heavy atom. The van der Waals surface area contributed by atoms with Crippen LogP contribution in [0.1, 0.15) is 11.7 Å². The number of hydrogen-bond acceptors (Lipinski definition) is 3. The molecule has 1 fully saturated rings. The fraction of sp³-hybridized carbons (Fsp3) is 0.308. The molecule has 2 heterocycles. The highest BCUT2D eigenvalue weighted by atomic mass is 19.3. The normalized spacial score (nSPS) is 33.0. The van der Waals surface area contributed by atoms with Gasteiger partial charge in [-0.1, -0.05) is 30.3 Å². The predicted octanol–water partition coefficient (Wildman–Crippen LogP) is 2.24. The van der Waals surface area contributed by atoms with Crippen molar-refractivity contribution in [1.82, 2.24) is 0 Å². The molecule has 1 unspecified atom stereocenters. The summed E-state index contributed by atoms with van der Waals surface area (Å²) >= 11 is 0. The van der Waals surface area contributed by atoms with E-state index in [1.165, 1.54) is 0 Å². The van der Waals surface area contributed by atoms with Crippen LogP contribution in [0, 0.1) is 0 Å². The fourth-order valence-corrected chi connectivity index (χ4v) is 2.07. The molecule has 1 aromatic carbocycles. The number of epoxide rings is 1. The van der Waals surface area contributed by atoms with E-state index in [0.29, 0.717) is 6.08 Å². The molecule has 3 nitrogen and oxygen atoms in total. The average molecular weight is 252 g/mol. The van der Waals surface area contributed by atoms with Crippen molar-refractivity contribution in [3.63, 3.8) is 0 Å². The quantitative estimate of drug-likeness (QED) is 0.598. The molecule has 0 radical (unpaired) electrons. The monoisotopic (exact) mass is 252 g/mol. The lowest BCUT2D eigenvalue weighted by atomic mass is 10.0. The van der Waals surface area contributed by atoms with Gasteiger partial charge in [-0.05, 0) is 11.6 Å². The number of carbonyl (C=O) groups is 1. The van der Waals surface area contributed by atoms with Gasteiger partial charge in [0.15, 0.2) is 6.10 Å². The number of esters is 1. The summed E-state index contributed by atoms with van der Waals surface area (Å²) in [5, 5.41) is 0. The summed E-state index contributed by atoms with van der Waals surface area (Å²) in [5.74, 6) is -3.93. The molecule has 3 atom stereocenters. The van der Waals surface area contributed by atoms with Crippen LogP contribution >= 0.6 is 0 Å². The third-order valence-electron chi connectivity index (χ3n) is 3.02. The van der Waals surface area contributed by atoms with E-state index in [1.54, 1.807) is 24.3 Å². The SMILES string of the molecule is O=C1C=CC(F)(F)[C@@H](C2O[C@H]2c2ccccc2)O1. The van der Waals surface area contributed by atoms with Crippen molar-refractivity contribution in [3.05, 3.63) is 48.0 Å². The number of ether oxygens (including phenoxy) is 2. The van der Waals surface area contributed by atoms with Crippen LogP contribution in [0.15, 0.2) is 42.5 Å². The van der Waals surface area contributed by atoms with Crippen molar-refractivity contribution in [2.75, 3.05) is 0 Å². The number of benzene rings is 1. The zero-order valence-electron chi connectivity index (χ0n) is 9.25. The van der Waals surface area contributed by atoms with Crippen molar-refractivity contribution < 1.29 is 23.0 Å². The Labute approximate surface area is 102 Å². The Morgan fingerprint density at radius 2 is 1.89 bits per heavy atom. The van der Waals surface area contributed by atoms with Gasteiger partial charge in [0.05, 0.1) is 0 Å². The molecule has 1 saturated heterocycles. The van der Waals surface area contributed by atoms with E-state index in [9.17, 15) is 13.6 Å². The van der Waals surface area contributed by atoms with Gasteiger partial charge >= 0.3 is 11.9 Å². The van der Waals surface area contributed by atoms with Crippen LogP contribution in [-0.2, 0) is 14.3 Å². The number of cyclic esters (lactones) is 1. The first kappa shape index (κ1) is 11.3. The average Bonchev–Trinajstić information content (AvgIpc) is 3.13. The second kappa shape index (κ2) is 3.88. The maximum absolute atomic E-state index is 13.6. The number of rotatable bonds is 2. The molecule has 94 valence electrons. The fourth-order valence-electron chi connectivity index (χ4n) is 2.07. The minimum atomic E-state index is -3.18. The van der Waals surface area contributed by atoms with Gasteiger partial charge in [-0.2, -0.15) is 8.78 Å². The summed E-state index contributed by atoms with van der Waals surface area (Å²) in [6.07, 6.45) is -1.43. The van der Waals surface area contributed by atoms with Crippen LogP contribution in [0.5, 0.6) is 0 Å². The first-order valence-electron chi connectivity index (χ1n) is 5.56. The summed E-state index contributed by atoms with van der Waals surface area (Å²) in [7, 11) is 0. The number of carbonyl (C=O) groups excluding carboxylic acids is 1. The smallest absolute Gasteiger partial charge is 0.331 e. The molecule has 0 spiro atoms. The van der Waals surface area contributed by atoms with Crippen LogP contribution in [0.2, 0.25) is 0 Å². The molecule has 0 saturated carbocycles. The Morgan fingerprint density at radius 3 is 2.61 bits per heavy atom. The Balaban J connectivity index is 1.78. The van der Waals surface area contributed by atoms with Crippen LogP contribution in [0.3, 0.4) is 0 Å². The number of hydrogen-bond donors (Lipinski definition) is 0. The highest BCUT2D eigenvalue weighted by molar-refractivity contribution is 5.83. The zero-order valence-corrected chi connectivity index (χ0v) is 9.25. The van der Waals surface area contributed by atoms with E-state index in [4.69, 9.17) is 4.74 Å². The van der Waals surface area contributed by atoms with Gasteiger partial charge in [0.1, 0.15) is 12.2 Å². The van der Waals surface area contributed by atoms with E-state index in [0.717, 1.165) is 11.6 Å². The summed E-state index contributed by atoms with van der Waals surface area (Å²) in [6, 6.07) is 9.03. The standard InChI is InChI=1S/C13H10F2O3/c14-13(15)7-6-9(16)17-12(13)11-10(18-11)8-4-2-1-3-5-8/h1-7,10-12H/t10-,11?,12+/m0/s1. The van der Waals surface area contributed by atoms with Crippen LogP contribution in [0.25, 0.3) is 0 Å². The summed E-state index contributed by atoms with van der Waals surface area (Å²) < 4.78 is 37.1. The Kier molecular flexibility index (Phi) is 2.45. The van der Waals surface area contributed by atoms with Crippen LogP contribution in [0.4, 0.5) is 8.78 Å². The highest BCUT2D eigenvalue weighted by Gasteiger charge is 2.58. The molecule has 2 aliphatic rings. The van der Waals surface area contributed by atoms with Gasteiger partial charge in [0.25, 0.3) is 0 Å². The summed E-state index contributed by atoms with van der Waals surface area (Å²) in [6.45, 7) is 0. The minimum Gasteiger partial charge on any atom is -0.449 e. The first-order valence-corrected chi connectivity index (χ1v) is 5.56. The third kappa shape index (κ3) is 1.90. The molecule has 0 bridgehead atoms. The number of alkyl halides is 2. The molecule has 0 amide bonds. The largest absolute Gasteiger partial charge is 0.449 e. The maximum Gasteiger partial charge on any atom is 0.331 e. The van der Waals surface area contributed by atoms with Crippen molar-refractivity contribution >= 4 is 5.97 Å². The summed E-state index contributed by atoms with van der Waals surface area (Å²) in [4.78, 5) is 11.0. The Bertz CT molecular complexity index is 498. The highest BCUT2D eigenvalue weighted by Crippen LogP contribution is 2.46. The molecule has 0 N–H and O–H groups in total. The third-order valence-corrected chi connectivity index (χ3v) is 3.02. The molecular formula is C13H10F2O3. The lowest BCUT2D eigenvalue weighted by Crippen LogP contribution is -2.43. The van der Waals surface area contributed by atoms with Crippen LogP contribution in [-0.4, -0.2) is 24.1 Å². The second-order valence-electron chi connectivity index (χ2n) is 4.30. The second-order valence-corrected chi connectivity index (χ2v) is 4.30. The lowest BCUT2D eigenvalue weighted by Gasteiger charge is -2.25. The molecule has 0 aliphatic carbocycles. The van der Waals surface area contributed by atoms with E-state index in [-0.39, 0.29) is 0 Å². The van der Waals surface area contributed by atoms with Crippen molar-refractivity contribution in [1.29, 1.82) is 0 Å². The number of halogens is 2. The molecule has 18 heavy (non-hydrogen) atoms. The molecule has 5 heteroatoms. The lowest BCUT2D eigenvalue weighted by molar-refractivity contribution is -0.166. The van der Waals surface area contributed by atoms with Gasteiger partial charge in [0, 0.05) is 6.08 Å². The first-order chi connectivity index (χ1) is 8.58. The Hall–Kier alpha value is -1.75. The summed E-state index contributed by atoms with van der Waals surface area (Å²) in [5.41, 5.74) is 0.809. The van der Waals surface area contributed by atoms with Crippen molar-refractivity contribution in [3.8, 4) is 0 Å². The molecule has 2 aliphatic heterocycles. The maximum atomic E-state index is 13.6. The van der Waals surface area contributed by atoms with Gasteiger partial charge in [0.2, 0.25) is 0 Å². The van der Waals surface area contributed by atoms with Crippen molar-refractivity contribution in [2.45, 2.75) is 24.2 Å². The minimum absolute atomic E-state index is 0.429. The van der Waals surface area contributed by atoms with E-state index in [2.05, 4.69) is 4.74 Å². The zero-order chi connectivity index (χ0) is 12.8. The van der Waals surface area contributed by atoms with Gasteiger partial charge in [-0.3, -0.25) is 0 Å². The van der Waals surface area contributed by atoms with Crippen molar-refractivity contribution in [2.24, 2.45) is 0 Å². The molecular weight excluding hydrogens is 242 g/mol. The van der Waals surface area contributed by atoms with E-state index >= 15 is 0 Å². The van der Waals surface area contributed by atoms with Gasteiger partial charge < -0.3 is 9.47 Å². The molecule has 0 aromatic heterocycles. The van der Waals surface area contributed by atoms with E-state index in [1.807, 2.05) is 6.07 Å². The van der Waals surface area contributed by atoms with Crippen LogP contribution < -0.4 is 0 Å². The predicted molar refractivity (Wildman–Crippen MR) is 58.0 cm³/mol. The van der Waals surface area contributed by atoms with Gasteiger partial charge in [-0.25, -0.2) is 4.79 Å². The molecule has 3 rings (SSSR count). The van der Waals surface area contributed by atoms with E-state index < -0.39 is 30.2 Å². The van der Waals surface area contributed by atoms with Gasteiger partial charge in [-0.15, -0.1) is 0 Å². The topological polar surface area (TPSA) is 38.8 Å².